The summed E-state index contributed by atoms with van der Waals surface area (Å²) in [4.78, 5) is 0. The molecular weight excluding hydrogens is 333 g/mol. The molecule has 0 amide bonds. The van der Waals surface area contributed by atoms with Gasteiger partial charge >= 0.3 is 0 Å². The first kappa shape index (κ1) is 13.9. The van der Waals surface area contributed by atoms with E-state index in [2.05, 4.69) is 15.9 Å². The minimum Gasteiger partial charge on any atom is -0.320 e. The third kappa shape index (κ3) is 2.72. The summed E-state index contributed by atoms with van der Waals surface area (Å²) in [6.07, 6.45) is 0. The molecule has 0 fully saturated rings. The Labute approximate surface area is 125 Å². The van der Waals surface area contributed by atoms with Crippen LogP contribution in [0.5, 0.6) is 0 Å². The highest BCUT2D eigenvalue weighted by molar-refractivity contribution is 9.10. The Bertz CT molecular complexity index is 584. The minimum atomic E-state index is -0.284. The predicted molar refractivity (Wildman–Crippen MR) is 81.4 cm³/mol. The van der Waals surface area contributed by atoms with Gasteiger partial charge in [-0.3, -0.25) is 0 Å². The first-order valence-electron chi connectivity index (χ1n) is 5.46. The summed E-state index contributed by atoms with van der Waals surface area (Å²) in [6.45, 7) is 1.96. The van der Waals surface area contributed by atoms with Crippen LogP contribution in [0, 0.1) is 6.92 Å². The molecule has 0 saturated heterocycles. The van der Waals surface area contributed by atoms with Gasteiger partial charge in [-0.15, -0.1) is 0 Å². The van der Waals surface area contributed by atoms with Crippen molar-refractivity contribution >= 4 is 39.1 Å². The van der Waals surface area contributed by atoms with E-state index in [-0.39, 0.29) is 6.04 Å². The van der Waals surface area contributed by atoms with Gasteiger partial charge in [0.1, 0.15) is 0 Å². The largest absolute Gasteiger partial charge is 0.320 e. The molecule has 4 heteroatoms. The highest BCUT2D eigenvalue weighted by atomic mass is 79.9. The average molecular weight is 345 g/mol. The molecule has 0 heterocycles. The van der Waals surface area contributed by atoms with E-state index in [0.29, 0.717) is 10.0 Å². The van der Waals surface area contributed by atoms with Crippen LogP contribution in [0.3, 0.4) is 0 Å². The van der Waals surface area contributed by atoms with E-state index in [0.717, 1.165) is 21.2 Å². The Hall–Kier alpha value is -0.540. The Morgan fingerprint density at radius 1 is 1.17 bits per heavy atom. The van der Waals surface area contributed by atoms with Crippen molar-refractivity contribution in [2.45, 2.75) is 13.0 Å². The second-order valence-electron chi connectivity index (χ2n) is 4.13. The van der Waals surface area contributed by atoms with E-state index in [4.69, 9.17) is 28.9 Å². The van der Waals surface area contributed by atoms with Crippen molar-refractivity contribution in [1.82, 2.24) is 0 Å². The zero-order chi connectivity index (χ0) is 13.3. The number of halogens is 3. The topological polar surface area (TPSA) is 26.0 Å². The predicted octanol–water partition coefficient (Wildman–Crippen LogP) is 5.11. The van der Waals surface area contributed by atoms with Gasteiger partial charge < -0.3 is 5.73 Å². The quantitative estimate of drug-likeness (QED) is 0.804. The van der Waals surface area contributed by atoms with Crippen molar-refractivity contribution in [1.29, 1.82) is 0 Å². The zero-order valence-corrected chi connectivity index (χ0v) is 12.9. The first-order chi connectivity index (χ1) is 8.50. The molecular formula is C14H12BrCl2N. The molecule has 0 aliphatic heterocycles. The van der Waals surface area contributed by atoms with Crippen molar-refractivity contribution in [2.24, 2.45) is 5.73 Å². The molecule has 0 spiro atoms. The summed E-state index contributed by atoms with van der Waals surface area (Å²) in [7, 11) is 0. The van der Waals surface area contributed by atoms with E-state index in [9.17, 15) is 0 Å². The fourth-order valence-corrected chi connectivity index (χ4v) is 2.56. The van der Waals surface area contributed by atoms with Gasteiger partial charge in [-0.1, -0.05) is 47.5 Å². The summed E-state index contributed by atoms with van der Waals surface area (Å²) in [6, 6.07) is 11.3. The van der Waals surface area contributed by atoms with Crippen molar-refractivity contribution < 1.29 is 0 Å². The Morgan fingerprint density at radius 2 is 1.89 bits per heavy atom. The Balaban J connectivity index is 2.44. The SMILES string of the molecule is Cc1ccc(C(N)c2cccc(Br)c2Cl)cc1Cl. The standard InChI is InChI=1S/C14H12BrCl2N/c1-8-5-6-9(7-12(8)16)14(18)10-3-2-4-11(15)13(10)17/h2-7,14H,18H2,1H3. The van der Waals surface area contributed by atoms with Gasteiger partial charge in [-0.05, 0) is 51.7 Å². The number of benzene rings is 2. The first-order valence-corrected chi connectivity index (χ1v) is 7.01. The van der Waals surface area contributed by atoms with Crippen molar-refractivity contribution in [3.63, 3.8) is 0 Å². The molecule has 2 aromatic rings. The van der Waals surface area contributed by atoms with Gasteiger partial charge in [-0.25, -0.2) is 0 Å². The Morgan fingerprint density at radius 3 is 2.56 bits per heavy atom. The lowest BCUT2D eigenvalue weighted by Crippen LogP contribution is -2.12. The fourth-order valence-electron chi connectivity index (χ4n) is 1.74. The van der Waals surface area contributed by atoms with E-state index >= 15 is 0 Å². The summed E-state index contributed by atoms with van der Waals surface area (Å²) < 4.78 is 0.843. The second-order valence-corrected chi connectivity index (χ2v) is 5.77. The number of aryl methyl sites for hydroxylation is 1. The maximum atomic E-state index is 6.25. The maximum absolute atomic E-state index is 6.25. The van der Waals surface area contributed by atoms with Crippen LogP contribution >= 0.6 is 39.1 Å². The molecule has 1 unspecified atom stereocenters. The molecule has 1 atom stereocenters. The molecule has 18 heavy (non-hydrogen) atoms. The molecule has 0 bridgehead atoms. The smallest absolute Gasteiger partial charge is 0.0599 e. The minimum absolute atomic E-state index is 0.284. The van der Waals surface area contributed by atoms with Crippen molar-refractivity contribution in [3.8, 4) is 0 Å². The van der Waals surface area contributed by atoms with Gasteiger partial charge in [0, 0.05) is 9.50 Å². The number of hydrogen-bond donors (Lipinski definition) is 1. The van der Waals surface area contributed by atoms with E-state index in [1.165, 1.54) is 0 Å². The fraction of sp³-hybridized carbons (Fsp3) is 0.143. The lowest BCUT2D eigenvalue weighted by Gasteiger charge is -2.16. The normalized spacial score (nSPS) is 12.5. The van der Waals surface area contributed by atoms with Crippen LogP contribution in [-0.2, 0) is 0 Å². The molecule has 2 rings (SSSR count). The summed E-state index contributed by atoms with van der Waals surface area (Å²) in [5.41, 5.74) is 9.11. The molecule has 0 saturated carbocycles. The third-order valence-corrected chi connectivity index (χ3v) is 4.59. The number of nitrogens with two attached hydrogens (primary N) is 1. The van der Waals surface area contributed by atoms with Crippen LogP contribution < -0.4 is 5.73 Å². The van der Waals surface area contributed by atoms with Crippen LogP contribution in [0.4, 0.5) is 0 Å². The average Bonchev–Trinajstić information content (AvgIpc) is 2.35. The van der Waals surface area contributed by atoms with Gasteiger partial charge in [-0.2, -0.15) is 0 Å². The van der Waals surface area contributed by atoms with Crippen molar-refractivity contribution in [3.05, 3.63) is 67.6 Å². The van der Waals surface area contributed by atoms with Gasteiger partial charge in [0.05, 0.1) is 11.1 Å². The van der Waals surface area contributed by atoms with E-state index in [1.54, 1.807) is 0 Å². The van der Waals surface area contributed by atoms with Crippen LogP contribution in [0.25, 0.3) is 0 Å². The van der Waals surface area contributed by atoms with Crippen molar-refractivity contribution in [2.75, 3.05) is 0 Å². The zero-order valence-electron chi connectivity index (χ0n) is 9.75. The number of hydrogen-bond acceptors (Lipinski definition) is 1. The van der Waals surface area contributed by atoms with E-state index in [1.807, 2.05) is 43.3 Å². The molecule has 94 valence electrons. The van der Waals surface area contributed by atoms with E-state index < -0.39 is 0 Å². The highest BCUT2D eigenvalue weighted by Crippen LogP contribution is 2.33. The molecule has 2 N–H and O–H groups in total. The van der Waals surface area contributed by atoms with Gasteiger partial charge in [0.2, 0.25) is 0 Å². The maximum Gasteiger partial charge on any atom is 0.0599 e. The number of rotatable bonds is 2. The molecule has 0 aliphatic rings. The molecule has 2 aromatic carbocycles. The lowest BCUT2D eigenvalue weighted by molar-refractivity contribution is 0.870. The molecule has 0 radical (unpaired) electrons. The third-order valence-electron chi connectivity index (χ3n) is 2.87. The molecule has 1 nitrogen and oxygen atoms in total. The van der Waals surface area contributed by atoms with Crippen LogP contribution in [0.1, 0.15) is 22.7 Å². The van der Waals surface area contributed by atoms with Crippen LogP contribution in [0.15, 0.2) is 40.9 Å². The summed E-state index contributed by atoms with van der Waals surface area (Å²) >= 11 is 15.8. The summed E-state index contributed by atoms with van der Waals surface area (Å²) in [5, 5.41) is 1.36. The van der Waals surface area contributed by atoms with Crippen LogP contribution in [-0.4, -0.2) is 0 Å². The highest BCUT2D eigenvalue weighted by Gasteiger charge is 2.14. The lowest BCUT2D eigenvalue weighted by atomic mass is 9.99. The Kier molecular flexibility index (Phi) is 4.33. The summed E-state index contributed by atoms with van der Waals surface area (Å²) in [5.74, 6) is 0. The molecule has 0 aliphatic carbocycles. The van der Waals surface area contributed by atoms with Crippen LogP contribution in [0.2, 0.25) is 10.0 Å². The van der Waals surface area contributed by atoms with Gasteiger partial charge in [0.15, 0.2) is 0 Å². The van der Waals surface area contributed by atoms with Gasteiger partial charge in [0.25, 0.3) is 0 Å². The molecule has 0 aromatic heterocycles. The monoisotopic (exact) mass is 343 g/mol. The second kappa shape index (κ2) is 5.62.